The number of aryl methyl sites for hydroxylation is 2. The van der Waals surface area contributed by atoms with Crippen LogP contribution in [0.3, 0.4) is 0 Å². The average Bonchev–Trinajstić information content (AvgIpc) is 3.27. The van der Waals surface area contributed by atoms with E-state index in [1.165, 1.54) is 0 Å². The van der Waals surface area contributed by atoms with Crippen LogP contribution < -0.4 is 4.90 Å². The van der Waals surface area contributed by atoms with E-state index in [0.29, 0.717) is 24.4 Å². The van der Waals surface area contributed by atoms with Crippen molar-refractivity contribution in [2.75, 3.05) is 18.0 Å². The maximum atomic E-state index is 12.7. The SMILES string of the molecule is Cc1cncc(CCC(=O)N2C[C@@H]3C[C@H]2CN3c2cc(C(C)C)ncn2)c1. The molecule has 2 aromatic heterocycles. The van der Waals surface area contributed by atoms with E-state index in [-0.39, 0.29) is 5.91 Å². The normalized spacial score (nSPS) is 21.3. The molecule has 2 aliphatic heterocycles. The molecule has 1 amide bonds. The topological polar surface area (TPSA) is 62.2 Å². The van der Waals surface area contributed by atoms with Crippen molar-refractivity contribution in [3.63, 3.8) is 0 Å². The average molecular weight is 365 g/mol. The Morgan fingerprint density at radius 3 is 2.74 bits per heavy atom. The fourth-order valence-electron chi connectivity index (χ4n) is 4.24. The second-order valence-electron chi connectivity index (χ2n) is 8.07. The molecule has 0 saturated carbocycles. The monoisotopic (exact) mass is 365 g/mol. The molecule has 2 fully saturated rings. The van der Waals surface area contributed by atoms with E-state index < -0.39 is 0 Å². The Hall–Kier alpha value is -2.50. The number of piperazine rings is 1. The molecule has 4 rings (SSSR count). The predicted molar refractivity (Wildman–Crippen MR) is 105 cm³/mol. The van der Waals surface area contributed by atoms with E-state index in [1.54, 1.807) is 6.33 Å². The summed E-state index contributed by atoms with van der Waals surface area (Å²) in [5.74, 6) is 1.65. The minimum atomic E-state index is 0.259. The van der Waals surface area contributed by atoms with Gasteiger partial charge in [-0.25, -0.2) is 9.97 Å². The van der Waals surface area contributed by atoms with Crippen LogP contribution >= 0.6 is 0 Å². The zero-order valence-electron chi connectivity index (χ0n) is 16.3. The summed E-state index contributed by atoms with van der Waals surface area (Å²) in [4.78, 5) is 30.2. The highest BCUT2D eigenvalue weighted by atomic mass is 16.2. The number of aromatic nitrogens is 3. The quantitative estimate of drug-likeness (QED) is 0.815. The number of carbonyl (C=O) groups is 1. The van der Waals surface area contributed by atoms with Crippen LogP contribution in [-0.4, -0.2) is 50.9 Å². The number of hydrogen-bond donors (Lipinski definition) is 0. The number of anilines is 1. The van der Waals surface area contributed by atoms with Crippen LogP contribution in [0.1, 0.15) is 49.4 Å². The molecule has 0 N–H and O–H groups in total. The van der Waals surface area contributed by atoms with Crippen molar-refractivity contribution in [2.45, 2.75) is 58.0 Å². The standard InChI is InChI=1S/C21H27N5O/c1-14(2)19-8-20(24-13-23-19)25-11-18-7-17(25)12-26(18)21(27)5-4-16-6-15(3)9-22-10-16/h6,8-10,13-14,17-18H,4-5,7,11-12H2,1-3H3/t17-,18-/m0/s1. The van der Waals surface area contributed by atoms with Crippen molar-refractivity contribution < 1.29 is 4.79 Å². The first kappa shape index (κ1) is 17.9. The molecule has 2 aromatic rings. The number of amides is 1. The summed E-state index contributed by atoms with van der Waals surface area (Å²) in [6, 6.07) is 4.88. The van der Waals surface area contributed by atoms with Gasteiger partial charge in [-0.15, -0.1) is 0 Å². The summed E-state index contributed by atoms with van der Waals surface area (Å²) >= 11 is 0. The first-order chi connectivity index (χ1) is 13.0. The number of nitrogens with zero attached hydrogens (tertiary/aromatic N) is 5. The molecule has 6 heteroatoms. The fourth-order valence-corrected chi connectivity index (χ4v) is 4.24. The molecule has 4 heterocycles. The molecular weight excluding hydrogens is 338 g/mol. The highest BCUT2D eigenvalue weighted by Crippen LogP contribution is 2.34. The fraction of sp³-hybridized carbons (Fsp3) is 0.524. The molecular formula is C21H27N5O. The third-order valence-corrected chi connectivity index (χ3v) is 5.68. The maximum Gasteiger partial charge on any atom is 0.223 e. The smallest absolute Gasteiger partial charge is 0.223 e. The number of pyridine rings is 1. The van der Waals surface area contributed by atoms with Gasteiger partial charge >= 0.3 is 0 Å². The Kier molecular flexibility index (Phi) is 4.81. The Balaban J connectivity index is 1.37. The molecule has 2 aliphatic rings. The van der Waals surface area contributed by atoms with Crippen molar-refractivity contribution in [1.82, 2.24) is 19.9 Å². The molecule has 0 aliphatic carbocycles. The Morgan fingerprint density at radius 1 is 1.19 bits per heavy atom. The zero-order valence-corrected chi connectivity index (χ0v) is 16.3. The van der Waals surface area contributed by atoms with Gasteiger partial charge in [-0.1, -0.05) is 19.9 Å². The molecule has 2 bridgehead atoms. The molecule has 0 aromatic carbocycles. The van der Waals surface area contributed by atoms with E-state index in [4.69, 9.17) is 0 Å². The van der Waals surface area contributed by atoms with Gasteiger partial charge in [0.05, 0.1) is 12.1 Å². The van der Waals surface area contributed by atoms with E-state index in [0.717, 1.165) is 48.6 Å². The van der Waals surface area contributed by atoms with Crippen molar-refractivity contribution in [3.8, 4) is 0 Å². The first-order valence-electron chi connectivity index (χ1n) is 9.80. The summed E-state index contributed by atoms with van der Waals surface area (Å²) in [5.41, 5.74) is 3.35. The summed E-state index contributed by atoms with van der Waals surface area (Å²) in [6.07, 6.45) is 7.72. The third kappa shape index (κ3) is 3.66. The second kappa shape index (κ2) is 7.25. The molecule has 2 atom stereocenters. The van der Waals surface area contributed by atoms with E-state index in [2.05, 4.69) is 50.7 Å². The Labute approximate surface area is 160 Å². The number of likely N-dealkylation sites (tertiary alicyclic amines) is 1. The van der Waals surface area contributed by atoms with Gasteiger partial charge in [0.15, 0.2) is 0 Å². The largest absolute Gasteiger partial charge is 0.350 e. The number of rotatable bonds is 5. The highest BCUT2D eigenvalue weighted by molar-refractivity contribution is 5.78. The molecule has 6 nitrogen and oxygen atoms in total. The highest BCUT2D eigenvalue weighted by Gasteiger charge is 2.45. The van der Waals surface area contributed by atoms with Gasteiger partial charge in [0.25, 0.3) is 0 Å². The van der Waals surface area contributed by atoms with Gasteiger partial charge in [0.1, 0.15) is 12.1 Å². The number of fused-ring (bicyclic) bond motifs is 2. The lowest BCUT2D eigenvalue weighted by atomic mass is 10.1. The van der Waals surface area contributed by atoms with Gasteiger partial charge in [-0.2, -0.15) is 0 Å². The minimum Gasteiger partial charge on any atom is -0.350 e. The first-order valence-corrected chi connectivity index (χ1v) is 9.80. The molecule has 142 valence electrons. The van der Waals surface area contributed by atoms with Crippen molar-refractivity contribution in [3.05, 3.63) is 47.7 Å². The summed E-state index contributed by atoms with van der Waals surface area (Å²) in [5, 5.41) is 0. The molecule has 2 saturated heterocycles. The van der Waals surface area contributed by atoms with Crippen LogP contribution in [0.5, 0.6) is 0 Å². The van der Waals surface area contributed by atoms with Crippen molar-refractivity contribution >= 4 is 11.7 Å². The maximum absolute atomic E-state index is 12.7. The Bertz CT molecular complexity index is 837. The summed E-state index contributed by atoms with van der Waals surface area (Å²) in [6.45, 7) is 8.00. The van der Waals surface area contributed by atoms with Crippen LogP contribution in [0.15, 0.2) is 30.9 Å². The van der Waals surface area contributed by atoms with Gasteiger partial charge in [0.2, 0.25) is 5.91 Å². The Morgan fingerprint density at radius 2 is 2.04 bits per heavy atom. The van der Waals surface area contributed by atoms with Crippen LogP contribution in [0.4, 0.5) is 5.82 Å². The van der Waals surface area contributed by atoms with Crippen molar-refractivity contribution in [1.29, 1.82) is 0 Å². The van der Waals surface area contributed by atoms with Gasteiger partial charge in [-0.05, 0) is 36.8 Å². The molecule has 0 unspecified atom stereocenters. The minimum absolute atomic E-state index is 0.259. The van der Waals surface area contributed by atoms with E-state index in [1.807, 2.05) is 19.3 Å². The second-order valence-corrected chi connectivity index (χ2v) is 8.07. The van der Waals surface area contributed by atoms with E-state index >= 15 is 0 Å². The van der Waals surface area contributed by atoms with Crippen LogP contribution in [0.25, 0.3) is 0 Å². The lowest BCUT2D eigenvalue weighted by molar-refractivity contribution is -0.132. The molecule has 0 spiro atoms. The van der Waals surface area contributed by atoms with Crippen molar-refractivity contribution in [2.24, 2.45) is 0 Å². The van der Waals surface area contributed by atoms with Crippen LogP contribution in [-0.2, 0) is 11.2 Å². The van der Waals surface area contributed by atoms with Crippen LogP contribution in [0.2, 0.25) is 0 Å². The third-order valence-electron chi connectivity index (χ3n) is 5.68. The summed E-state index contributed by atoms with van der Waals surface area (Å²) < 4.78 is 0. The lowest BCUT2D eigenvalue weighted by Crippen LogP contribution is -2.49. The summed E-state index contributed by atoms with van der Waals surface area (Å²) in [7, 11) is 0. The zero-order chi connectivity index (χ0) is 19.0. The van der Waals surface area contributed by atoms with Gasteiger partial charge in [-0.3, -0.25) is 9.78 Å². The number of hydrogen-bond acceptors (Lipinski definition) is 5. The lowest BCUT2D eigenvalue weighted by Gasteiger charge is -2.35. The molecule has 0 radical (unpaired) electrons. The molecule has 27 heavy (non-hydrogen) atoms. The van der Waals surface area contributed by atoms with Crippen LogP contribution in [0, 0.1) is 6.92 Å². The van der Waals surface area contributed by atoms with Gasteiger partial charge < -0.3 is 9.80 Å². The van der Waals surface area contributed by atoms with E-state index in [9.17, 15) is 4.79 Å². The van der Waals surface area contributed by atoms with Gasteiger partial charge in [0, 0.05) is 43.7 Å². The number of carbonyl (C=O) groups excluding carboxylic acids is 1. The predicted octanol–water partition coefficient (Wildman–Crippen LogP) is 2.73.